The van der Waals surface area contributed by atoms with Gasteiger partial charge in [-0.2, -0.15) is 4.31 Å². The van der Waals surface area contributed by atoms with E-state index in [1.54, 1.807) is 24.5 Å². The Labute approximate surface area is 154 Å². The van der Waals surface area contributed by atoms with E-state index in [4.69, 9.17) is 4.74 Å². The molecule has 1 saturated heterocycles. The molecule has 0 saturated carbocycles. The van der Waals surface area contributed by atoms with Crippen LogP contribution in [0.5, 0.6) is 11.5 Å². The quantitative estimate of drug-likeness (QED) is 0.768. The second-order valence-electron chi connectivity index (χ2n) is 5.90. The molecule has 27 heavy (non-hydrogen) atoms. The summed E-state index contributed by atoms with van der Waals surface area (Å²) in [6.45, 7) is 0.275. The summed E-state index contributed by atoms with van der Waals surface area (Å²) < 4.78 is 74.1. The van der Waals surface area contributed by atoms with Crippen LogP contribution in [0, 0.1) is 0 Å². The number of rotatable bonds is 5. The number of ether oxygens (including phenoxy) is 2. The summed E-state index contributed by atoms with van der Waals surface area (Å²) in [4.78, 5) is 3.39. The molecular weight excluding hydrogens is 385 g/mol. The lowest BCUT2D eigenvalue weighted by molar-refractivity contribution is -0.275. The molecule has 0 spiro atoms. The topological polar surface area (TPSA) is 68.7 Å². The van der Waals surface area contributed by atoms with E-state index in [1.807, 2.05) is 0 Å². The normalized spacial score (nSPS) is 16.9. The second-order valence-corrected chi connectivity index (χ2v) is 7.81. The van der Waals surface area contributed by atoms with E-state index in [9.17, 15) is 21.6 Å². The van der Waals surface area contributed by atoms with Crippen molar-refractivity contribution in [3.63, 3.8) is 0 Å². The largest absolute Gasteiger partial charge is 0.573 e. The molecule has 0 aliphatic carbocycles. The zero-order valence-corrected chi connectivity index (χ0v) is 14.9. The third kappa shape index (κ3) is 4.89. The van der Waals surface area contributed by atoms with Crippen molar-refractivity contribution in [1.82, 2.24) is 9.29 Å². The number of para-hydroxylation sites is 1. The Morgan fingerprint density at radius 2 is 1.67 bits per heavy atom. The molecular formula is C17H17F3N2O4S. The van der Waals surface area contributed by atoms with Crippen molar-refractivity contribution >= 4 is 10.0 Å². The average Bonchev–Trinajstić information content (AvgIpc) is 2.62. The van der Waals surface area contributed by atoms with Gasteiger partial charge in [-0.15, -0.1) is 13.2 Å². The Hall–Kier alpha value is -2.33. The van der Waals surface area contributed by atoms with E-state index in [-0.39, 0.29) is 19.2 Å². The van der Waals surface area contributed by atoms with Gasteiger partial charge >= 0.3 is 6.36 Å². The van der Waals surface area contributed by atoms with E-state index in [0.29, 0.717) is 18.6 Å². The number of hydrogen-bond acceptors (Lipinski definition) is 5. The number of hydrogen-bond donors (Lipinski definition) is 0. The summed E-state index contributed by atoms with van der Waals surface area (Å²) in [5.74, 6) is -0.101. The summed E-state index contributed by atoms with van der Waals surface area (Å²) in [6, 6.07) is 8.14. The zero-order chi connectivity index (χ0) is 19.5. The molecule has 1 aliphatic rings. The van der Waals surface area contributed by atoms with Gasteiger partial charge in [-0.25, -0.2) is 8.42 Å². The van der Waals surface area contributed by atoms with Gasteiger partial charge in [-0.1, -0.05) is 12.1 Å². The molecule has 0 N–H and O–H groups in total. The molecule has 0 unspecified atom stereocenters. The Morgan fingerprint density at radius 3 is 2.30 bits per heavy atom. The van der Waals surface area contributed by atoms with Crippen LogP contribution in [0.25, 0.3) is 0 Å². The zero-order valence-electron chi connectivity index (χ0n) is 14.1. The number of pyridine rings is 1. The van der Waals surface area contributed by atoms with Crippen molar-refractivity contribution in [2.75, 3.05) is 13.1 Å². The van der Waals surface area contributed by atoms with Crippen LogP contribution in [-0.4, -0.2) is 43.3 Å². The maximum absolute atomic E-state index is 12.8. The molecule has 0 bridgehead atoms. The van der Waals surface area contributed by atoms with Crippen molar-refractivity contribution in [3.05, 3.63) is 48.8 Å². The highest BCUT2D eigenvalue weighted by Crippen LogP contribution is 2.32. The van der Waals surface area contributed by atoms with Gasteiger partial charge in [0, 0.05) is 25.5 Å². The lowest BCUT2D eigenvalue weighted by atomic mass is 10.1. The molecule has 146 valence electrons. The first-order valence-corrected chi connectivity index (χ1v) is 9.61. The summed E-state index contributed by atoms with van der Waals surface area (Å²) in [5.41, 5.74) is 0. The van der Waals surface area contributed by atoms with Gasteiger partial charge in [0.2, 0.25) is 10.0 Å². The third-order valence-corrected chi connectivity index (χ3v) is 5.98. The summed E-state index contributed by atoms with van der Waals surface area (Å²) in [5, 5.41) is 0. The minimum Gasteiger partial charge on any atom is -0.490 e. The molecule has 0 amide bonds. The molecule has 6 nitrogen and oxygen atoms in total. The van der Waals surface area contributed by atoms with Gasteiger partial charge in [-0.05, 0) is 37.1 Å². The van der Waals surface area contributed by atoms with Crippen LogP contribution in [0.2, 0.25) is 0 Å². The third-order valence-electron chi connectivity index (χ3n) is 4.05. The highest BCUT2D eigenvalue weighted by atomic mass is 32.2. The van der Waals surface area contributed by atoms with Gasteiger partial charge in [0.15, 0.2) is 0 Å². The molecule has 10 heteroatoms. The summed E-state index contributed by atoms with van der Waals surface area (Å²) in [7, 11) is -4.12. The van der Waals surface area contributed by atoms with Crippen LogP contribution in [0.1, 0.15) is 12.8 Å². The van der Waals surface area contributed by atoms with Crippen LogP contribution in [0.4, 0.5) is 13.2 Å². The summed E-state index contributed by atoms with van der Waals surface area (Å²) in [6.07, 6.45) is -1.13. The predicted molar refractivity (Wildman–Crippen MR) is 89.8 cm³/mol. The second kappa shape index (κ2) is 7.73. The Morgan fingerprint density at radius 1 is 1.04 bits per heavy atom. The van der Waals surface area contributed by atoms with Crippen molar-refractivity contribution < 1.29 is 31.1 Å². The first-order valence-electron chi connectivity index (χ1n) is 8.17. The number of alkyl halides is 3. The van der Waals surface area contributed by atoms with Crippen LogP contribution in [0.3, 0.4) is 0 Å². The molecule has 1 aliphatic heterocycles. The highest BCUT2D eigenvalue weighted by molar-refractivity contribution is 7.89. The maximum Gasteiger partial charge on any atom is 0.573 e. The molecule has 3 rings (SSSR count). The first-order chi connectivity index (χ1) is 12.8. The van der Waals surface area contributed by atoms with Crippen molar-refractivity contribution in [2.45, 2.75) is 30.2 Å². The molecule has 2 aromatic rings. The number of piperidine rings is 1. The first kappa shape index (κ1) is 19.4. The van der Waals surface area contributed by atoms with Crippen LogP contribution < -0.4 is 9.47 Å². The van der Waals surface area contributed by atoms with E-state index in [1.165, 1.54) is 12.1 Å². The van der Waals surface area contributed by atoms with E-state index < -0.39 is 27.0 Å². The number of nitrogens with zero attached hydrogens (tertiary/aromatic N) is 2. The number of halogens is 3. The van der Waals surface area contributed by atoms with E-state index in [2.05, 4.69) is 9.72 Å². The maximum atomic E-state index is 12.8. The Kier molecular flexibility index (Phi) is 5.56. The molecule has 2 heterocycles. The van der Waals surface area contributed by atoms with Crippen molar-refractivity contribution in [1.29, 1.82) is 0 Å². The van der Waals surface area contributed by atoms with Crippen molar-refractivity contribution in [3.8, 4) is 11.5 Å². The molecule has 0 atom stereocenters. The predicted octanol–water partition coefficient (Wildman–Crippen LogP) is 3.21. The standard InChI is InChI=1S/C17H17F3N2O4S/c18-17(19,20)26-15-3-1-2-4-16(15)27(23,24)22-11-7-14(8-12-22)25-13-5-9-21-10-6-13/h1-6,9-10,14H,7-8,11-12H2. The Bertz CT molecular complexity index is 867. The fourth-order valence-electron chi connectivity index (χ4n) is 2.81. The molecule has 1 fully saturated rings. The molecule has 1 aromatic heterocycles. The lowest BCUT2D eigenvalue weighted by Gasteiger charge is -2.31. The summed E-state index contributed by atoms with van der Waals surface area (Å²) >= 11 is 0. The van der Waals surface area contributed by atoms with Crippen LogP contribution in [0.15, 0.2) is 53.7 Å². The fourth-order valence-corrected chi connectivity index (χ4v) is 4.40. The van der Waals surface area contributed by atoms with E-state index >= 15 is 0 Å². The molecule has 1 aromatic carbocycles. The number of aromatic nitrogens is 1. The van der Waals surface area contributed by atoms with E-state index in [0.717, 1.165) is 16.4 Å². The van der Waals surface area contributed by atoms with Crippen molar-refractivity contribution in [2.24, 2.45) is 0 Å². The minimum absolute atomic E-state index is 0.137. The average molecular weight is 402 g/mol. The van der Waals surface area contributed by atoms with Crippen LogP contribution >= 0.6 is 0 Å². The fraction of sp³-hybridized carbons (Fsp3) is 0.353. The SMILES string of the molecule is O=S(=O)(c1ccccc1OC(F)(F)F)N1CCC(Oc2ccncc2)CC1. The smallest absolute Gasteiger partial charge is 0.490 e. The monoisotopic (exact) mass is 402 g/mol. The van der Waals surface area contributed by atoms with Gasteiger partial charge in [-0.3, -0.25) is 4.98 Å². The van der Waals surface area contributed by atoms with Gasteiger partial charge < -0.3 is 9.47 Å². The van der Waals surface area contributed by atoms with Gasteiger partial charge in [0.1, 0.15) is 22.5 Å². The van der Waals surface area contributed by atoms with Crippen LogP contribution in [-0.2, 0) is 10.0 Å². The Balaban J connectivity index is 1.70. The van der Waals surface area contributed by atoms with Gasteiger partial charge in [0.05, 0.1) is 0 Å². The number of sulfonamides is 1. The van der Waals surface area contributed by atoms with Gasteiger partial charge in [0.25, 0.3) is 0 Å². The number of benzene rings is 1. The molecule has 0 radical (unpaired) electrons. The lowest BCUT2D eigenvalue weighted by Crippen LogP contribution is -2.41. The minimum atomic E-state index is -4.98. The highest BCUT2D eigenvalue weighted by Gasteiger charge is 2.36.